The summed E-state index contributed by atoms with van der Waals surface area (Å²) in [4.78, 5) is 23.5. The van der Waals surface area contributed by atoms with Crippen molar-refractivity contribution in [2.24, 2.45) is 11.3 Å². The Morgan fingerprint density at radius 3 is 2.65 bits per heavy atom. The van der Waals surface area contributed by atoms with Gasteiger partial charge in [-0.05, 0) is 56.2 Å². The van der Waals surface area contributed by atoms with Gasteiger partial charge in [0, 0.05) is 23.2 Å². The van der Waals surface area contributed by atoms with E-state index in [1.807, 2.05) is 0 Å². The van der Waals surface area contributed by atoms with E-state index in [0.717, 1.165) is 25.7 Å². The van der Waals surface area contributed by atoms with Gasteiger partial charge in [0.2, 0.25) is 11.8 Å². The molecule has 3 rings (SSSR count). The van der Waals surface area contributed by atoms with E-state index < -0.39 is 0 Å². The first kappa shape index (κ1) is 15.7. The molecule has 5 heteroatoms. The van der Waals surface area contributed by atoms with Crippen molar-refractivity contribution in [1.29, 1.82) is 0 Å². The lowest BCUT2D eigenvalue weighted by Crippen LogP contribution is -2.57. The molecule has 4 nitrogen and oxygen atoms in total. The van der Waals surface area contributed by atoms with Crippen molar-refractivity contribution >= 4 is 17.5 Å². The molecule has 0 aliphatic heterocycles. The van der Waals surface area contributed by atoms with Gasteiger partial charge in [-0.1, -0.05) is 12.6 Å². The number of carbonyl (C=O) groups excluding carboxylic acids is 2. The van der Waals surface area contributed by atoms with Crippen LogP contribution in [0.2, 0.25) is 0 Å². The Bertz CT molecular complexity index is 657. The second-order valence-electron chi connectivity index (χ2n) is 6.82. The van der Waals surface area contributed by atoms with E-state index in [1.165, 1.54) is 12.1 Å². The number of amides is 2. The molecule has 0 radical (unpaired) electrons. The fourth-order valence-electron chi connectivity index (χ4n) is 3.83. The number of carbonyl (C=O) groups is 2. The predicted octanol–water partition coefficient (Wildman–Crippen LogP) is 2.93. The summed E-state index contributed by atoms with van der Waals surface area (Å²) in [5.41, 5.74) is 1.21. The van der Waals surface area contributed by atoms with Gasteiger partial charge in [0.05, 0.1) is 0 Å². The van der Waals surface area contributed by atoms with Crippen molar-refractivity contribution < 1.29 is 14.0 Å². The summed E-state index contributed by atoms with van der Waals surface area (Å²) in [6.45, 7) is 5.10. The van der Waals surface area contributed by atoms with Crippen molar-refractivity contribution in [2.75, 3.05) is 5.32 Å². The number of benzene rings is 1. The fraction of sp³-hybridized carbons (Fsp3) is 0.444. The SMILES string of the molecule is C=CC(=O)NC1CC2(C1)CC(C(=O)Nc1cccc(F)c1C)C2. The van der Waals surface area contributed by atoms with Crippen LogP contribution in [-0.4, -0.2) is 17.9 Å². The normalized spacial score (nSPS) is 28.4. The zero-order valence-electron chi connectivity index (χ0n) is 13.2. The van der Waals surface area contributed by atoms with Gasteiger partial charge in [-0.3, -0.25) is 9.59 Å². The minimum Gasteiger partial charge on any atom is -0.350 e. The Morgan fingerprint density at radius 2 is 2.00 bits per heavy atom. The molecular formula is C18H21FN2O2. The molecule has 2 aliphatic carbocycles. The Kier molecular flexibility index (Phi) is 3.96. The predicted molar refractivity (Wildman–Crippen MR) is 86.3 cm³/mol. The first-order valence-corrected chi connectivity index (χ1v) is 7.91. The van der Waals surface area contributed by atoms with Crippen LogP contribution in [0, 0.1) is 24.1 Å². The molecule has 0 bridgehead atoms. The highest BCUT2D eigenvalue weighted by atomic mass is 19.1. The van der Waals surface area contributed by atoms with E-state index in [9.17, 15) is 14.0 Å². The first-order chi connectivity index (χ1) is 10.9. The largest absolute Gasteiger partial charge is 0.350 e. The summed E-state index contributed by atoms with van der Waals surface area (Å²) in [5.74, 6) is -0.510. The van der Waals surface area contributed by atoms with Crippen LogP contribution in [0.1, 0.15) is 31.2 Å². The maximum Gasteiger partial charge on any atom is 0.243 e. The lowest BCUT2D eigenvalue weighted by atomic mass is 9.50. The third kappa shape index (κ3) is 3.00. The van der Waals surface area contributed by atoms with Crippen molar-refractivity contribution in [3.05, 3.63) is 42.2 Å². The molecule has 1 aromatic carbocycles. The molecule has 0 atom stereocenters. The van der Waals surface area contributed by atoms with Gasteiger partial charge in [0.1, 0.15) is 5.82 Å². The molecule has 2 amide bonds. The van der Waals surface area contributed by atoms with E-state index in [4.69, 9.17) is 0 Å². The van der Waals surface area contributed by atoms with Gasteiger partial charge in [-0.2, -0.15) is 0 Å². The van der Waals surface area contributed by atoms with Crippen molar-refractivity contribution in [2.45, 2.75) is 38.6 Å². The number of halogens is 1. The summed E-state index contributed by atoms with van der Waals surface area (Å²) in [6.07, 6.45) is 4.81. The lowest BCUT2D eigenvalue weighted by Gasteiger charge is -2.57. The molecule has 0 saturated heterocycles. The van der Waals surface area contributed by atoms with Gasteiger partial charge in [0.25, 0.3) is 0 Å². The second kappa shape index (κ2) is 5.80. The van der Waals surface area contributed by atoms with Gasteiger partial charge in [0.15, 0.2) is 0 Å². The van der Waals surface area contributed by atoms with Gasteiger partial charge in [-0.25, -0.2) is 4.39 Å². The van der Waals surface area contributed by atoms with E-state index in [2.05, 4.69) is 17.2 Å². The highest BCUT2D eigenvalue weighted by Gasteiger charge is 2.54. The summed E-state index contributed by atoms with van der Waals surface area (Å²) in [5, 5.41) is 5.72. The maximum absolute atomic E-state index is 13.5. The molecule has 2 fully saturated rings. The first-order valence-electron chi connectivity index (χ1n) is 7.91. The number of rotatable bonds is 4. The van der Waals surface area contributed by atoms with Crippen molar-refractivity contribution in [3.8, 4) is 0 Å². The Balaban J connectivity index is 1.49. The zero-order valence-corrected chi connectivity index (χ0v) is 13.2. The van der Waals surface area contributed by atoms with E-state index in [1.54, 1.807) is 19.1 Å². The van der Waals surface area contributed by atoms with E-state index in [0.29, 0.717) is 11.3 Å². The smallest absolute Gasteiger partial charge is 0.243 e. The van der Waals surface area contributed by atoms with Gasteiger partial charge in [-0.15, -0.1) is 0 Å². The highest BCUT2D eigenvalue weighted by molar-refractivity contribution is 5.94. The number of anilines is 1. The fourth-order valence-corrected chi connectivity index (χ4v) is 3.83. The highest BCUT2D eigenvalue weighted by Crippen LogP contribution is 2.58. The summed E-state index contributed by atoms with van der Waals surface area (Å²) in [7, 11) is 0. The Morgan fingerprint density at radius 1 is 1.30 bits per heavy atom. The molecule has 1 aromatic rings. The molecule has 0 heterocycles. The average Bonchev–Trinajstić information content (AvgIpc) is 2.44. The number of nitrogens with one attached hydrogen (secondary N) is 2. The van der Waals surface area contributed by atoms with Crippen molar-refractivity contribution in [3.63, 3.8) is 0 Å². The molecule has 2 N–H and O–H groups in total. The second-order valence-corrected chi connectivity index (χ2v) is 6.82. The van der Waals surface area contributed by atoms with Crippen LogP contribution < -0.4 is 10.6 Å². The van der Waals surface area contributed by atoms with Crippen LogP contribution >= 0.6 is 0 Å². The summed E-state index contributed by atoms with van der Waals surface area (Å²) < 4.78 is 13.5. The number of hydrogen-bond acceptors (Lipinski definition) is 2. The van der Waals surface area contributed by atoms with Crippen LogP contribution in [0.4, 0.5) is 10.1 Å². The summed E-state index contributed by atoms with van der Waals surface area (Å²) in [6, 6.07) is 4.90. The quantitative estimate of drug-likeness (QED) is 0.839. The molecule has 122 valence electrons. The third-order valence-corrected chi connectivity index (χ3v) is 5.15. The van der Waals surface area contributed by atoms with Gasteiger partial charge < -0.3 is 10.6 Å². The molecule has 1 spiro atoms. The Hall–Kier alpha value is -2.17. The van der Waals surface area contributed by atoms with Crippen LogP contribution in [0.25, 0.3) is 0 Å². The molecule has 2 aliphatic rings. The topological polar surface area (TPSA) is 58.2 Å². The summed E-state index contributed by atoms with van der Waals surface area (Å²) >= 11 is 0. The Labute approximate surface area is 135 Å². The van der Waals surface area contributed by atoms with Crippen LogP contribution in [0.15, 0.2) is 30.9 Å². The minimum absolute atomic E-state index is 0.0197. The molecule has 0 unspecified atom stereocenters. The standard InChI is InChI=1S/C18H21FN2O2/c1-3-16(22)20-13-9-18(10-13)7-12(8-18)17(23)21-15-6-4-5-14(19)11(15)2/h3-6,12-13H,1,7-10H2,2H3,(H,20,22)(H,21,23). The van der Waals surface area contributed by atoms with E-state index >= 15 is 0 Å². The van der Waals surface area contributed by atoms with Crippen LogP contribution in [0.5, 0.6) is 0 Å². The van der Waals surface area contributed by atoms with Crippen LogP contribution in [0.3, 0.4) is 0 Å². The maximum atomic E-state index is 13.5. The van der Waals surface area contributed by atoms with Crippen molar-refractivity contribution in [1.82, 2.24) is 5.32 Å². The average molecular weight is 316 g/mol. The van der Waals surface area contributed by atoms with E-state index in [-0.39, 0.29) is 35.0 Å². The van der Waals surface area contributed by atoms with Crippen LogP contribution in [-0.2, 0) is 9.59 Å². The molecule has 23 heavy (non-hydrogen) atoms. The molecular weight excluding hydrogens is 295 g/mol. The zero-order chi connectivity index (χ0) is 16.6. The molecule has 2 saturated carbocycles. The molecule has 0 aromatic heterocycles. The van der Waals surface area contributed by atoms with Gasteiger partial charge >= 0.3 is 0 Å². The minimum atomic E-state index is -0.312. The third-order valence-electron chi connectivity index (χ3n) is 5.15. The number of hydrogen-bond donors (Lipinski definition) is 2. The lowest BCUT2D eigenvalue weighted by molar-refractivity contribution is -0.135. The monoisotopic (exact) mass is 316 g/mol.